The number of hydrogen-bond acceptors (Lipinski definition) is 2. The monoisotopic (exact) mass is 298 g/mol. The van der Waals surface area contributed by atoms with Crippen molar-refractivity contribution in [2.75, 3.05) is 6.26 Å². The molecule has 18 heavy (non-hydrogen) atoms. The second-order valence-electron chi connectivity index (χ2n) is 3.63. The summed E-state index contributed by atoms with van der Waals surface area (Å²) >= 11 is 13.7. The smallest absolute Gasteiger partial charge is 0.133 e. The molecule has 0 atom stereocenters. The third kappa shape index (κ3) is 3.14. The van der Waals surface area contributed by atoms with Gasteiger partial charge in [-0.3, -0.25) is 0 Å². The third-order valence-electron chi connectivity index (χ3n) is 2.50. The number of thioether (sulfide) groups is 1. The second-order valence-corrected chi connectivity index (χ2v) is 5.18. The molecule has 0 aromatic heterocycles. The summed E-state index contributed by atoms with van der Waals surface area (Å²) in [6, 6.07) is 13.4. The molecule has 2 aromatic rings. The predicted molar refractivity (Wildman–Crippen MR) is 79.3 cm³/mol. The number of benzene rings is 2. The Kier molecular flexibility index (Phi) is 4.81. The summed E-state index contributed by atoms with van der Waals surface area (Å²) in [6.45, 7) is 0. The summed E-state index contributed by atoms with van der Waals surface area (Å²) in [6.07, 6.45) is 2.04. The van der Waals surface area contributed by atoms with Gasteiger partial charge in [-0.2, -0.15) is 0 Å². The van der Waals surface area contributed by atoms with Crippen LogP contribution < -0.4 is 4.74 Å². The minimum Gasteiger partial charge on any atom is -0.457 e. The maximum atomic E-state index is 6.08. The SMILES string of the molecule is CSc1ccc(Oc2cccc(Cl)c2CCl)cc1. The third-order valence-corrected chi connectivity index (χ3v) is 3.86. The molecule has 0 saturated heterocycles. The molecule has 0 bridgehead atoms. The molecule has 0 amide bonds. The van der Waals surface area contributed by atoms with Gasteiger partial charge in [-0.05, 0) is 42.7 Å². The molecule has 0 saturated carbocycles. The van der Waals surface area contributed by atoms with Crippen molar-refractivity contribution in [1.82, 2.24) is 0 Å². The van der Waals surface area contributed by atoms with Crippen LogP contribution in [0.15, 0.2) is 47.4 Å². The Morgan fingerprint density at radius 2 is 1.83 bits per heavy atom. The molecule has 0 N–H and O–H groups in total. The highest BCUT2D eigenvalue weighted by Crippen LogP contribution is 2.32. The van der Waals surface area contributed by atoms with E-state index in [4.69, 9.17) is 27.9 Å². The average molecular weight is 299 g/mol. The van der Waals surface area contributed by atoms with Crippen molar-refractivity contribution >= 4 is 35.0 Å². The number of rotatable bonds is 4. The van der Waals surface area contributed by atoms with Gasteiger partial charge in [-0.1, -0.05) is 17.7 Å². The molecular formula is C14H12Cl2OS. The summed E-state index contributed by atoms with van der Waals surface area (Å²) in [5.74, 6) is 1.81. The van der Waals surface area contributed by atoms with Crippen LogP contribution in [0.2, 0.25) is 5.02 Å². The van der Waals surface area contributed by atoms with Crippen LogP contribution in [-0.4, -0.2) is 6.26 Å². The van der Waals surface area contributed by atoms with E-state index < -0.39 is 0 Å². The van der Waals surface area contributed by atoms with Gasteiger partial charge >= 0.3 is 0 Å². The molecule has 2 aromatic carbocycles. The van der Waals surface area contributed by atoms with Gasteiger partial charge in [0.15, 0.2) is 0 Å². The van der Waals surface area contributed by atoms with Gasteiger partial charge in [0, 0.05) is 15.5 Å². The standard InChI is InChI=1S/C14H12Cl2OS/c1-18-11-7-5-10(6-8-11)17-14-4-2-3-13(16)12(14)9-15/h2-8H,9H2,1H3. The minimum absolute atomic E-state index is 0.331. The van der Waals surface area contributed by atoms with E-state index in [1.807, 2.05) is 48.7 Å². The molecule has 0 unspecified atom stereocenters. The molecule has 4 heteroatoms. The second kappa shape index (κ2) is 6.37. The zero-order valence-electron chi connectivity index (χ0n) is 9.82. The quantitative estimate of drug-likeness (QED) is 0.537. The average Bonchev–Trinajstić information content (AvgIpc) is 2.40. The Labute approximate surface area is 121 Å². The Balaban J connectivity index is 2.25. The van der Waals surface area contributed by atoms with E-state index in [9.17, 15) is 0 Å². The Hall–Kier alpha value is -0.830. The maximum Gasteiger partial charge on any atom is 0.133 e. The lowest BCUT2D eigenvalue weighted by Gasteiger charge is -2.11. The summed E-state index contributed by atoms with van der Waals surface area (Å²) in [4.78, 5) is 1.20. The highest BCUT2D eigenvalue weighted by atomic mass is 35.5. The van der Waals surface area contributed by atoms with Gasteiger partial charge in [0.25, 0.3) is 0 Å². The lowest BCUT2D eigenvalue weighted by molar-refractivity contribution is 0.478. The molecule has 94 valence electrons. The van der Waals surface area contributed by atoms with E-state index in [1.54, 1.807) is 11.8 Å². The van der Waals surface area contributed by atoms with Gasteiger partial charge < -0.3 is 4.74 Å². The molecule has 0 aliphatic heterocycles. The van der Waals surface area contributed by atoms with Crippen molar-refractivity contribution < 1.29 is 4.74 Å². The molecular weight excluding hydrogens is 287 g/mol. The van der Waals surface area contributed by atoms with E-state index in [-0.39, 0.29) is 0 Å². The number of hydrogen-bond donors (Lipinski definition) is 0. The topological polar surface area (TPSA) is 9.23 Å². The van der Waals surface area contributed by atoms with E-state index in [2.05, 4.69) is 0 Å². The predicted octanol–water partition coefficient (Wildman–Crippen LogP) is 5.59. The van der Waals surface area contributed by atoms with Crippen LogP contribution in [0.5, 0.6) is 11.5 Å². The van der Waals surface area contributed by atoms with Crippen molar-refractivity contribution in [2.24, 2.45) is 0 Å². The van der Waals surface area contributed by atoms with Crippen molar-refractivity contribution in [3.05, 3.63) is 53.1 Å². The highest BCUT2D eigenvalue weighted by molar-refractivity contribution is 7.98. The van der Waals surface area contributed by atoms with Crippen LogP contribution in [0.4, 0.5) is 0 Å². The fraction of sp³-hybridized carbons (Fsp3) is 0.143. The number of ether oxygens (including phenoxy) is 1. The summed E-state index contributed by atoms with van der Waals surface area (Å²) in [5, 5.41) is 0.628. The molecule has 0 aliphatic carbocycles. The van der Waals surface area contributed by atoms with Crippen LogP contribution in [0, 0.1) is 0 Å². The first kappa shape index (κ1) is 13.6. The minimum atomic E-state index is 0.331. The summed E-state index contributed by atoms with van der Waals surface area (Å²) in [5.41, 5.74) is 0.815. The van der Waals surface area contributed by atoms with Crippen LogP contribution >= 0.6 is 35.0 Å². The fourth-order valence-electron chi connectivity index (χ4n) is 1.53. The first-order chi connectivity index (χ1) is 8.74. The Morgan fingerprint density at radius 3 is 2.44 bits per heavy atom. The Bertz CT molecular complexity index is 526. The first-order valence-electron chi connectivity index (χ1n) is 5.40. The molecule has 1 nitrogen and oxygen atoms in total. The normalized spacial score (nSPS) is 10.4. The zero-order valence-corrected chi connectivity index (χ0v) is 12.1. The van der Waals surface area contributed by atoms with E-state index in [0.717, 1.165) is 11.3 Å². The van der Waals surface area contributed by atoms with Crippen LogP contribution in [0.1, 0.15) is 5.56 Å². The molecule has 0 fully saturated rings. The Morgan fingerprint density at radius 1 is 1.11 bits per heavy atom. The van der Waals surface area contributed by atoms with Gasteiger partial charge in [-0.25, -0.2) is 0 Å². The number of halogens is 2. The molecule has 0 spiro atoms. The van der Waals surface area contributed by atoms with Crippen molar-refractivity contribution in [3.8, 4) is 11.5 Å². The largest absolute Gasteiger partial charge is 0.457 e. The lowest BCUT2D eigenvalue weighted by Crippen LogP contribution is -1.90. The van der Waals surface area contributed by atoms with Crippen LogP contribution in [0.3, 0.4) is 0 Å². The molecule has 2 rings (SSSR count). The summed E-state index contributed by atoms with van der Waals surface area (Å²) < 4.78 is 5.80. The van der Waals surface area contributed by atoms with Gasteiger partial charge in [-0.15, -0.1) is 23.4 Å². The molecule has 0 aliphatic rings. The van der Waals surface area contributed by atoms with E-state index in [0.29, 0.717) is 16.7 Å². The van der Waals surface area contributed by atoms with Gasteiger partial charge in [0.05, 0.1) is 5.88 Å². The van der Waals surface area contributed by atoms with Gasteiger partial charge in [0.2, 0.25) is 0 Å². The van der Waals surface area contributed by atoms with E-state index in [1.165, 1.54) is 4.90 Å². The van der Waals surface area contributed by atoms with Crippen molar-refractivity contribution in [2.45, 2.75) is 10.8 Å². The number of alkyl halides is 1. The van der Waals surface area contributed by atoms with E-state index >= 15 is 0 Å². The van der Waals surface area contributed by atoms with Crippen molar-refractivity contribution in [1.29, 1.82) is 0 Å². The lowest BCUT2D eigenvalue weighted by atomic mass is 10.2. The summed E-state index contributed by atoms with van der Waals surface area (Å²) in [7, 11) is 0. The maximum absolute atomic E-state index is 6.08. The van der Waals surface area contributed by atoms with Gasteiger partial charge in [0.1, 0.15) is 11.5 Å². The molecule has 0 heterocycles. The van der Waals surface area contributed by atoms with Crippen LogP contribution in [0.25, 0.3) is 0 Å². The van der Waals surface area contributed by atoms with Crippen LogP contribution in [-0.2, 0) is 5.88 Å². The fourth-order valence-corrected chi connectivity index (χ4v) is 2.52. The molecule has 0 radical (unpaired) electrons. The first-order valence-corrected chi connectivity index (χ1v) is 7.53. The highest BCUT2D eigenvalue weighted by Gasteiger charge is 2.08. The van der Waals surface area contributed by atoms with Crippen molar-refractivity contribution in [3.63, 3.8) is 0 Å². The zero-order chi connectivity index (χ0) is 13.0.